The van der Waals surface area contributed by atoms with Gasteiger partial charge >= 0.3 is 5.97 Å². The van der Waals surface area contributed by atoms with Crippen molar-refractivity contribution in [1.82, 2.24) is 0 Å². The highest BCUT2D eigenvalue weighted by Crippen LogP contribution is 2.23. The Kier molecular flexibility index (Phi) is 3.35. The fraction of sp³-hybridized carbons (Fsp3) is 0.250. The fourth-order valence-corrected chi connectivity index (χ4v) is 1.42. The largest absolute Gasteiger partial charge is 0.465 e. The van der Waals surface area contributed by atoms with Gasteiger partial charge in [-0.3, -0.25) is 0 Å². The number of hydrogen-bond acceptors (Lipinski definition) is 3. The molecule has 0 aliphatic carbocycles. The van der Waals surface area contributed by atoms with Gasteiger partial charge in [-0.05, 0) is 12.1 Å². The lowest BCUT2D eigenvalue weighted by molar-refractivity contribution is 0.0601. The van der Waals surface area contributed by atoms with Crippen molar-refractivity contribution in [3.05, 3.63) is 29.3 Å². The molecule has 0 atom stereocenters. The molecule has 0 fully saturated rings. The number of carbonyl (C=O) groups is 1. The maximum absolute atomic E-state index is 11.5. The van der Waals surface area contributed by atoms with Crippen LogP contribution in [-0.2, 0) is 4.74 Å². The fourth-order valence-electron chi connectivity index (χ4n) is 1.42. The molecule has 3 nitrogen and oxygen atoms in total. The maximum atomic E-state index is 11.5. The maximum Gasteiger partial charge on any atom is 0.340 e. The van der Waals surface area contributed by atoms with E-state index in [1.807, 2.05) is 14.1 Å². The van der Waals surface area contributed by atoms with E-state index in [9.17, 15) is 4.79 Å². The number of rotatable bonds is 2. The first kappa shape index (κ1) is 11.1. The molecule has 0 radical (unpaired) electrons. The lowest BCUT2D eigenvalue weighted by atomic mass is 10.1. The first-order valence-electron chi connectivity index (χ1n) is 4.47. The van der Waals surface area contributed by atoms with Crippen molar-refractivity contribution in [2.45, 2.75) is 0 Å². The van der Waals surface area contributed by atoms with Crippen LogP contribution in [-0.4, -0.2) is 27.2 Å². The van der Waals surface area contributed by atoms with Gasteiger partial charge in [-0.15, -0.1) is 6.42 Å². The number of hydrogen-bond donors (Lipinski definition) is 0. The molecule has 0 amide bonds. The molecule has 0 saturated heterocycles. The molecule has 0 unspecified atom stereocenters. The van der Waals surface area contributed by atoms with Crippen LogP contribution in [0.1, 0.15) is 15.9 Å². The lowest BCUT2D eigenvalue weighted by Crippen LogP contribution is -2.16. The molecule has 78 valence electrons. The Hall–Kier alpha value is -1.95. The summed E-state index contributed by atoms with van der Waals surface area (Å²) in [5, 5.41) is 0. The highest BCUT2D eigenvalue weighted by atomic mass is 16.5. The van der Waals surface area contributed by atoms with Crippen molar-refractivity contribution < 1.29 is 9.53 Å². The number of methoxy groups -OCH3 is 1. The van der Waals surface area contributed by atoms with Crippen molar-refractivity contribution in [3.8, 4) is 12.3 Å². The Balaban J connectivity index is 3.40. The van der Waals surface area contributed by atoms with Crippen LogP contribution in [0.25, 0.3) is 0 Å². The van der Waals surface area contributed by atoms with Crippen molar-refractivity contribution in [3.63, 3.8) is 0 Å². The van der Waals surface area contributed by atoms with E-state index in [-0.39, 0.29) is 5.97 Å². The molecular weight excluding hydrogens is 190 g/mol. The Bertz CT molecular complexity index is 416. The van der Waals surface area contributed by atoms with Gasteiger partial charge in [-0.25, -0.2) is 4.79 Å². The molecule has 1 rings (SSSR count). The van der Waals surface area contributed by atoms with E-state index in [4.69, 9.17) is 11.2 Å². The normalized spacial score (nSPS) is 9.20. The average Bonchev–Trinajstić information content (AvgIpc) is 2.26. The van der Waals surface area contributed by atoms with Gasteiger partial charge in [-0.1, -0.05) is 12.0 Å². The molecular formula is C12H13NO2. The minimum absolute atomic E-state index is 0.379. The first-order valence-corrected chi connectivity index (χ1v) is 4.47. The molecule has 0 heterocycles. The van der Waals surface area contributed by atoms with E-state index >= 15 is 0 Å². The number of carbonyl (C=O) groups excluding carboxylic acids is 1. The van der Waals surface area contributed by atoms with E-state index in [1.165, 1.54) is 7.11 Å². The molecule has 3 heteroatoms. The zero-order valence-corrected chi connectivity index (χ0v) is 9.07. The number of ether oxygens (including phenoxy) is 1. The van der Waals surface area contributed by atoms with Crippen molar-refractivity contribution in [2.75, 3.05) is 26.1 Å². The second-order valence-electron chi connectivity index (χ2n) is 3.23. The predicted molar refractivity (Wildman–Crippen MR) is 60.0 cm³/mol. The number of anilines is 1. The van der Waals surface area contributed by atoms with E-state index < -0.39 is 0 Å². The van der Waals surface area contributed by atoms with Gasteiger partial charge < -0.3 is 9.64 Å². The molecule has 0 saturated carbocycles. The third kappa shape index (κ3) is 2.10. The average molecular weight is 203 g/mol. The van der Waals surface area contributed by atoms with E-state index in [1.54, 1.807) is 23.1 Å². The predicted octanol–water partition coefficient (Wildman–Crippen LogP) is 1.52. The van der Waals surface area contributed by atoms with Crippen molar-refractivity contribution in [2.24, 2.45) is 0 Å². The summed E-state index contributed by atoms with van der Waals surface area (Å²) in [6, 6.07) is 5.23. The third-order valence-electron chi connectivity index (χ3n) is 2.04. The van der Waals surface area contributed by atoms with Crippen molar-refractivity contribution in [1.29, 1.82) is 0 Å². The molecule has 0 bridgehead atoms. The zero-order chi connectivity index (χ0) is 11.4. The number of esters is 1. The molecule has 15 heavy (non-hydrogen) atoms. The van der Waals surface area contributed by atoms with Gasteiger partial charge in [0.2, 0.25) is 0 Å². The van der Waals surface area contributed by atoms with Crippen LogP contribution in [0.2, 0.25) is 0 Å². The van der Waals surface area contributed by atoms with Gasteiger partial charge in [0, 0.05) is 19.7 Å². The van der Waals surface area contributed by atoms with E-state index in [0.717, 1.165) is 0 Å². The van der Waals surface area contributed by atoms with E-state index in [2.05, 4.69) is 5.92 Å². The Morgan fingerprint density at radius 2 is 2.13 bits per heavy atom. The minimum Gasteiger partial charge on any atom is -0.465 e. The van der Waals surface area contributed by atoms with Gasteiger partial charge in [0.15, 0.2) is 0 Å². The number of para-hydroxylation sites is 1. The second-order valence-corrected chi connectivity index (χ2v) is 3.23. The highest BCUT2D eigenvalue weighted by molar-refractivity contribution is 5.97. The molecule has 0 N–H and O–H groups in total. The standard InChI is InChI=1S/C12H13NO2/c1-5-9-7-6-8-10(12(14)15-4)11(9)13(2)3/h1,6-8H,2-4H3. The molecule has 1 aromatic rings. The molecule has 0 aromatic heterocycles. The van der Waals surface area contributed by atoms with Crippen LogP contribution in [0.3, 0.4) is 0 Å². The van der Waals surface area contributed by atoms with Crippen LogP contribution in [0.4, 0.5) is 5.69 Å². The smallest absolute Gasteiger partial charge is 0.340 e. The van der Waals surface area contributed by atoms with Crippen molar-refractivity contribution >= 4 is 11.7 Å². The Morgan fingerprint density at radius 1 is 1.47 bits per heavy atom. The van der Waals surface area contributed by atoms with Crippen LogP contribution in [0, 0.1) is 12.3 Å². The molecule has 0 aliphatic rings. The minimum atomic E-state index is -0.379. The monoisotopic (exact) mass is 203 g/mol. The van der Waals surface area contributed by atoms with Crippen LogP contribution in [0.15, 0.2) is 18.2 Å². The van der Waals surface area contributed by atoms with Gasteiger partial charge in [0.1, 0.15) is 0 Å². The topological polar surface area (TPSA) is 29.5 Å². The van der Waals surface area contributed by atoms with Crippen LogP contribution in [0.5, 0.6) is 0 Å². The third-order valence-corrected chi connectivity index (χ3v) is 2.04. The number of terminal acetylenes is 1. The molecule has 1 aromatic carbocycles. The van der Waals surface area contributed by atoms with E-state index in [0.29, 0.717) is 16.8 Å². The summed E-state index contributed by atoms with van der Waals surface area (Å²) in [6.07, 6.45) is 5.37. The number of nitrogens with zero attached hydrogens (tertiary/aromatic N) is 1. The first-order chi connectivity index (χ1) is 7.11. The Morgan fingerprint density at radius 3 is 2.60 bits per heavy atom. The molecule has 0 aliphatic heterocycles. The Labute approximate surface area is 89.7 Å². The summed E-state index contributed by atoms with van der Waals surface area (Å²) in [6.45, 7) is 0. The quantitative estimate of drug-likeness (QED) is 0.539. The summed E-state index contributed by atoms with van der Waals surface area (Å²) >= 11 is 0. The zero-order valence-electron chi connectivity index (χ0n) is 9.07. The second kappa shape index (κ2) is 4.52. The summed E-state index contributed by atoms with van der Waals surface area (Å²) < 4.78 is 4.69. The van der Waals surface area contributed by atoms with Gasteiger partial charge in [0.25, 0.3) is 0 Å². The summed E-state index contributed by atoms with van der Waals surface area (Å²) in [7, 11) is 5.02. The number of benzene rings is 1. The lowest BCUT2D eigenvalue weighted by Gasteiger charge is -2.18. The van der Waals surface area contributed by atoms with Gasteiger partial charge in [0.05, 0.1) is 18.4 Å². The van der Waals surface area contributed by atoms with Crippen LogP contribution >= 0.6 is 0 Å². The molecule has 0 spiro atoms. The SMILES string of the molecule is C#Cc1cccc(C(=O)OC)c1N(C)C. The summed E-state index contributed by atoms with van der Waals surface area (Å²) in [5.74, 6) is 2.17. The highest BCUT2D eigenvalue weighted by Gasteiger charge is 2.15. The summed E-state index contributed by atoms with van der Waals surface area (Å²) in [4.78, 5) is 13.3. The van der Waals surface area contributed by atoms with Gasteiger partial charge in [-0.2, -0.15) is 0 Å². The van der Waals surface area contributed by atoms with Crippen LogP contribution < -0.4 is 4.90 Å². The summed E-state index contributed by atoms with van der Waals surface area (Å²) in [5.41, 5.74) is 1.88.